The van der Waals surface area contributed by atoms with Crippen molar-refractivity contribution in [3.8, 4) is 5.69 Å². The molecule has 7 heteroatoms. The van der Waals surface area contributed by atoms with Crippen molar-refractivity contribution in [2.24, 2.45) is 5.92 Å². The molecular formula is C16H21N5OS. The van der Waals surface area contributed by atoms with E-state index in [-0.39, 0.29) is 5.91 Å². The third-order valence-electron chi connectivity index (χ3n) is 4.25. The first-order chi connectivity index (χ1) is 11.1. The Hall–Kier alpha value is -1.89. The molecule has 1 saturated heterocycles. The number of benzene rings is 1. The van der Waals surface area contributed by atoms with E-state index in [1.807, 2.05) is 36.1 Å². The van der Waals surface area contributed by atoms with Gasteiger partial charge in [-0.2, -0.15) is 4.68 Å². The molecule has 0 spiro atoms. The molecule has 1 amide bonds. The molecule has 0 saturated carbocycles. The zero-order valence-electron chi connectivity index (χ0n) is 13.5. The summed E-state index contributed by atoms with van der Waals surface area (Å²) in [7, 11) is 0. The summed E-state index contributed by atoms with van der Waals surface area (Å²) in [5.41, 5.74) is 2.04. The Kier molecular flexibility index (Phi) is 4.95. The maximum Gasteiger partial charge on any atom is 0.233 e. The van der Waals surface area contributed by atoms with Crippen LogP contribution >= 0.6 is 11.8 Å². The van der Waals surface area contributed by atoms with Gasteiger partial charge in [0.25, 0.3) is 0 Å². The van der Waals surface area contributed by atoms with Gasteiger partial charge in [-0.1, -0.05) is 36.9 Å². The van der Waals surface area contributed by atoms with Gasteiger partial charge >= 0.3 is 0 Å². The highest BCUT2D eigenvalue weighted by Gasteiger charge is 2.21. The maximum absolute atomic E-state index is 12.3. The van der Waals surface area contributed by atoms with E-state index in [1.165, 1.54) is 11.8 Å². The lowest BCUT2D eigenvalue weighted by Crippen LogP contribution is -2.38. The Morgan fingerprint density at radius 3 is 2.78 bits per heavy atom. The number of para-hydroxylation sites is 1. The Labute approximate surface area is 140 Å². The number of carbonyl (C=O) groups excluding carboxylic acids is 1. The molecule has 3 rings (SSSR count). The molecule has 122 valence electrons. The molecule has 2 aromatic rings. The molecule has 0 aliphatic carbocycles. The molecule has 1 aromatic carbocycles. The van der Waals surface area contributed by atoms with Crippen LogP contribution in [0.2, 0.25) is 0 Å². The fourth-order valence-electron chi connectivity index (χ4n) is 2.70. The van der Waals surface area contributed by atoms with Crippen LogP contribution in [0.25, 0.3) is 5.69 Å². The van der Waals surface area contributed by atoms with Gasteiger partial charge in [0, 0.05) is 13.1 Å². The van der Waals surface area contributed by atoms with E-state index in [0.717, 1.165) is 43.1 Å². The van der Waals surface area contributed by atoms with Crippen molar-refractivity contribution >= 4 is 17.7 Å². The van der Waals surface area contributed by atoms with Crippen LogP contribution in [0.15, 0.2) is 29.4 Å². The summed E-state index contributed by atoms with van der Waals surface area (Å²) in [6.45, 7) is 5.99. The molecule has 0 bridgehead atoms. The quantitative estimate of drug-likeness (QED) is 0.805. The number of aryl methyl sites for hydroxylation is 1. The highest BCUT2D eigenvalue weighted by molar-refractivity contribution is 7.99. The molecule has 2 heterocycles. The van der Waals surface area contributed by atoms with E-state index in [9.17, 15) is 4.79 Å². The van der Waals surface area contributed by atoms with Gasteiger partial charge in [0.05, 0.1) is 11.4 Å². The number of nitrogens with zero attached hydrogens (tertiary/aromatic N) is 5. The second-order valence-electron chi connectivity index (χ2n) is 6.01. The van der Waals surface area contributed by atoms with E-state index < -0.39 is 0 Å². The molecule has 23 heavy (non-hydrogen) atoms. The monoisotopic (exact) mass is 331 g/mol. The lowest BCUT2D eigenvalue weighted by atomic mass is 9.99. The summed E-state index contributed by atoms with van der Waals surface area (Å²) in [6, 6.07) is 7.94. The number of rotatable bonds is 4. The summed E-state index contributed by atoms with van der Waals surface area (Å²) in [5, 5.41) is 12.5. The van der Waals surface area contributed by atoms with Crippen molar-refractivity contribution in [2.75, 3.05) is 18.8 Å². The summed E-state index contributed by atoms with van der Waals surface area (Å²) < 4.78 is 1.70. The van der Waals surface area contributed by atoms with Crippen LogP contribution in [0.3, 0.4) is 0 Å². The Bertz CT molecular complexity index is 679. The lowest BCUT2D eigenvalue weighted by molar-refractivity contribution is -0.129. The van der Waals surface area contributed by atoms with Gasteiger partial charge in [0.1, 0.15) is 0 Å². The summed E-state index contributed by atoms with van der Waals surface area (Å²) in [5.74, 6) is 1.27. The number of thioether (sulfide) groups is 1. The topological polar surface area (TPSA) is 63.9 Å². The number of likely N-dealkylation sites (tertiary alicyclic amines) is 1. The number of hydrogen-bond acceptors (Lipinski definition) is 5. The van der Waals surface area contributed by atoms with E-state index in [2.05, 4.69) is 22.4 Å². The van der Waals surface area contributed by atoms with Gasteiger partial charge in [-0.3, -0.25) is 4.79 Å². The zero-order chi connectivity index (χ0) is 16.2. The number of aromatic nitrogens is 4. The third kappa shape index (κ3) is 3.72. The van der Waals surface area contributed by atoms with Crippen molar-refractivity contribution in [3.05, 3.63) is 29.8 Å². The number of carbonyl (C=O) groups is 1. The van der Waals surface area contributed by atoms with Gasteiger partial charge in [0.2, 0.25) is 11.1 Å². The SMILES string of the molecule is Cc1ccccc1-n1nnnc1SCC(=O)N1CCC(C)CC1. The molecule has 1 aliphatic heterocycles. The first-order valence-electron chi connectivity index (χ1n) is 7.90. The van der Waals surface area contributed by atoms with Gasteiger partial charge < -0.3 is 4.90 Å². The summed E-state index contributed by atoms with van der Waals surface area (Å²) in [4.78, 5) is 14.3. The first-order valence-corrected chi connectivity index (χ1v) is 8.88. The summed E-state index contributed by atoms with van der Waals surface area (Å²) >= 11 is 1.40. The smallest absolute Gasteiger partial charge is 0.233 e. The minimum Gasteiger partial charge on any atom is -0.342 e. The van der Waals surface area contributed by atoms with E-state index in [1.54, 1.807) is 4.68 Å². The zero-order valence-corrected chi connectivity index (χ0v) is 14.3. The molecule has 6 nitrogen and oxygen atoms in total. The molecular weight excluding hydrogens is 310 g/mol. The minimum absolute atomic E-state index is 0.168. The molecule has 0 radical (unpaired) electrons. The van der Waals surface area contributed by atoms with Crippen LogP contribution in [0.5, 0.6) is 0 Å². The highest BCUT2D eigenvalue weighted by Crippen LogP contribution is 2.22. The second-order valence-corrected chi connectivity index (χ2v) is 6.95. The predicted octanol–water partition coefficient (Wildman–Crippen LogP) is 2.32. The minimum atomic E-state index is 0.168. The fraction of sp³-hybridized carbons (Fsp3) is 0.500. The van der Waals surface area contributed by atoms with Crippen LogP contribution in [0.1, 0.15) is 25.3 Å². The maximum atomic E-state index is 12.3. The molecule has 0 N–H and O–H groups in total. The van der Waals surface area contributed by atoms with Gasteiger partial charge in [-0.05, 0) is 47.7 Å². The number of hydrogen-bond donors (Lipinski definition) is 0. The largest absolute Gasteiger partial charge is 0.342 e. The molecule has 0 unspecified atom stereocenters. The van der Waals surface area contributed by atoms with Crippen LogP contribution in [-0.2, 0) is 4.79 Å². The Balaban J connectivity index is 1.65. The predicted molar refractivity (Wildman–Crippen MR) is 89.6 cm³/mol. The van der Waals surface area contributed by atoms with Crippen molar-refractivity contribution in [1.82, 2.24) is 25.1 Å². The van der Waals surface area contributed by atoms with Crippen molar-refractivity contribution < 1.29 is 4.79 Å². The van der Waals surface area contributed by atoms with Crippen LogP contribution in [0.4, 0.5) is 0 Å². The van der Waals surface area contributed by atoms with Gasteiger partial charge in [-0.25, -0.2) is 0 Å². The molecule has 1 aromatic heterocycles. The van der Waals surface area contributed by atoms with E-state index >= 15 is 0 Å². The standard InChI is InChI=1S/C16H21N5OS/c1-12-7-9-20(10-8-12)15(22)11-23-16-17-18-19-21(16)14-6-4-3-5-13(14)2/h3-6,12H,7-11H2,1-2H3. The van der Waals surface area contributed by atoms with Gasteiger partial charge in [0.15, 0.2) is 0 Å². The summed E-state index contributed by atoms with van der Waals surface area (Å²) in [6.07, 6.45) is 2.19. The van der Waals surface area contributed by atoms with E-state index in [0.29, 0.717) is 10.9 Å². The lowest BCUT2D eigenvalue weighted by Gasteiger charge is -2.30. The second kappa shape index (κ2) is 7.12. The van der Waals surface area contributed by atoms with Crippen LogP contribution in [0, 0.1) is 12.8 Å². The molecule has 0 atom stereocenters. The third-order valence-corrected chi connectivity index (χ3v) is 5.15. The average molecular weight is 331 g/mol. The van der Waals surface area contributed by atoms with Crippen LogP contribution in [-0.4, -0.2) is 49.9 Å². The highest BCUT2D eigenvalue weighted by atomic mass is 32.2. The number of piperidine rings is 1. The van der Waals surface area contributed by atoms with Crippen molar-refractivity contribution in [2.45, 2.75) is 31.8 Å². The fourth-order valence-corrected chi connectivity index (χ4v) is 3.48. The Morgan fingerprint density at radius 1 is 1.30 bits per heavy atom. The normalized spacial score (nSPS) is 15.8. The average Bonchev–Trinajstić information content (AvgIpc) is 3.02. The van der Waals surface area contributed by atoms with Crippen molar-refractivity contribution in [1.29, 1.82) is 0 Å². The first kappa shape index (κ1) is 16.0. The Morgan fingerprint density at radius 2 is 2.04 bits per heavy atom. The van der Waals surface area contributed by atoms with Crippen LogP contribution < -0.4 is 0 Å². The number of amides is 1. The molecule has 1 aliphatic rings. The van der Waals surface area contributed by atoms with Gasteiger partial charge in [-0.15, -0.1) is 5.10 Å². The molecule has 1 fully saturated rings. The van der Waals surface area contributed by atoms with E-state index in [4.69, 9.17) is 0 Å². The number of tetrazole rings is 1. The van der Waals surface area contributed by atoms with Crippen molar-refractivity contribution in [3.63, 3.8) is 0 Å².